The number of benzene rings is 2. The lowest BCUT2D eigenvalue weighted by atomic mass is 10.1. The number of hydrogen-bond acceptors (Lipinski definition) is 6. The molecular formula is C21H12BrNO5S. The van der Waals surface area contributed by atoms with Gasteiger partial charge in [0, 0.05) is 15.4 Å². The molecule has 1 aliphatic heterocycles. The van der Waals surface area contributed by atoms with Gasteiger partial charge >= 0.3 is 5.63 Å². The first-order valence-corrected chi connectivity index (χ1v) is 10.1. The maximum absolute atomic E-state index is 12.6. The lowest BCUT2D eigenvalue weighted by Gasteiger charge is -2.11. The van der Waals surface area contributed by atoms with E-state index in [2.05, 4.69) is 15.9 Å². The Morgan fingerprint density at radius 2 is 1.79 bits per heavy atom. The van der Waals surface area contributed by atoms with Gasteiger partial charge in [0.1, 0.15) is 5.58 Å². The summed E-state index contributed by atoms with van der Waals surface area (Å²) in [5, 5.41) is 0.139. The third kappa shape index (κ3) is 3.94. The predicted octanol–water partition coefficient (Wildman–Crippen LogP) is 4.47. The fourth-order valence-electron chi connectivity index (χ4n) is 2.83. The highest BCUT2D eigenvalue weighted by Gasteiger charge is 2.36. The quantitative estimate of drug-likeness (QED) is 0.318. The molecule has 1 saturated heterocycles. The van der Waals surface area contributed by atoms with Crippen molar-refractivity contribution in [2.45, 2.75) is 0 Å². The van der Waals surface area contributed by atoms with Crippen LogP contribution in [0.1, 0.15) is 15.9 Å². The number of thioether (sulfide) groups is 1. The Kier molecular flexibility index (Phi) is 5.21. The van der Waals surface area contributed by atoms with Gasteiger partial charge in [-0.15, -0.1) is 0 Å². The number of nitrogens with zero attached hydrogens (tertiary/aromatic N) is 1. The number of hydrogen-bond donors (Lipinski definition) is 0. The maximum Gasteiger partial charge on any atom is 0.343 e. The molecule has 2 heterocycles. The smallest absolute Gasteiger partial charge is 0.343 e. The monoisotopic (exact) mass is 469 g/mol. The molecule has 0 bridgehead atoms. The molecule has 0 atom stereocenters. The normalized spacial score (nSPS) is 15.5. The molecule has 1 aliphatic rings. The van der Waals surface area contributed by atoms with Crippen molar-refractivity contribution in [3.05, 3.63) is 85.5 Å². The van der Waals surface area contributed by atoms with E-state index in [-0.39, 0.29) is 22.8 Å². The van der Waals surface area contributed by atoms with Gasteiger partial charge in [0.2, 0.25) is 0 Å². The van der Waals surface area contributed by atoms with Gasteiger partial charge in [0.05, 0.1) is 17.0 Å². The number of imide groups is 1. The van der Waals surface area contributed by atoms with Crippen LogP contribution < -0.4 is 5.63 Å². The van der Waals surface area contributed by atoms with Crippen molar-refractivity contribution in [2.75, 3.05) is 6.54 Å². The molecule has 0 spiro atoms. The van der Waals surface area contributed by atoms with Crippen LogP contribution in [0.5, 0.6) is 0 Å². The fourth-order valence-corrected chi connectivity index (χ4v) is 3.92. The number of amides is 2. The van der Waals surface area contributed by atoms with Crippen LogP contribution in [0.25, 0.3) is 17.0 Å². The maximum atomic E-state index is 12.6. The Morgan fingerprint density at radius 3 is 2.55 bits per heavy atom. The van der Waals surface area contributed by atoms with Crippen molar-refractivity contribution in [3.8, 4) is 0 Å². The fraction of sp³-hybridized carbons (Fsp3) is 0.0476. The summed E-state index contributed by atoms with van der Waals surface area (Å²) in [6.45, 7) is -0.365. The van der Waals surface area contributed by atoms with Crippen molar-refractivity contribution < 1.29 is 18.8 Å². The van der Waals surface area contributed by atoms with Crippen LogP contribution in [0.4, 0.5) is 4.79 Å². The lowest BCUT2D eigenvalue weighted by molar-refractivity contribution is -0.122. The third-order valence-corrected chi connectivity index (χ3v) is 5.73. The molecule has 1 aromatic heterocycles. The molecule has 2 aromatic carbocycles. The van der Waals surface area contributed by atoms with Crippen molar-refractivity contribution in [3.63, 3.8) is 0 Å². The summed E-state index contributed by atoms with van der Waals surface area (Å²) in [4.78, 5) is 50.5. The average molecular weight is 470 g/mol. The third-order valence-electron chi connectivity index (χ3n) is 4.30. The SMILES string of the molecule is O=C(CN1C(=O)SC(=Cc2cc3ccccc3oc2=O)C1=O)c1ccc(Br)cc1. The summed E-state index contributed by atoms with van der Waals surface area (Å²) in [6, 6.07) is 15.2. The Hall–Kier alpha value is -2.97. The summed E-state index contributed by atoms with van der Waals surface area (Å²) in [5.74, 6) is -0.968. The van der Waals surface area contributed by atoms with E-state index in [1.54, 1.807) is 54.6 Å². The number of ketones is 1. The first-order valence-electron chi connectivity index (χ1n) is 8.49. The number of Topliss-reactive ketones (excluding diaryl/α,β-unsaturated/α-hetero) is 1. The van der Waals surface area contributed by atoms with Crippen molar-refractivity contribution in [1.29, 1.82) is 0 Å². The highest BCUT2D eigenvalue weighted by Crippen LogP contribution is 2.32. The van der Waals surface area contributed by atoms with Crippen LogP contribution in [0, 0.1) is 0 Å². The number of para-hydroxylation sites is 1. The molecule has 3 aromatic rings. The second-order valence-corrected chi connectivity index (χ2v) is 8.13. The summed E-state index contributed by atoms with van der Waals surface area (Å²) in [6.07, 6.45) is 1.33. The van der Waals surface area contributed by atoms with Crippen LogP contribution in [0.2, 0.25) is 0 Å². The second-order valence-electron chi connectivity index (χ2n) is 6.22. The number of rotatable bonds is 4. The van der Waals surface area contributed by atoms with E-state index in [0.717, 1.165) is 9.37 Å². The van der Waals surface area contributed by atoms with Crippen LogP contribution in [0.15, 0.2) is 73.2 Å². The topological polar surface area (TPSA) is 84.7 Å². The molecule has 1 fully saturated rings. The van der Waals surface area contributed by atoms with E-state index in [0.29, 0.717) is 28.3 Å². The number of carbonyl (C=O) groups is 3. The van der Waals surface area contributed by atoms with Crippen molar-refractivity contribution >= 4 is 61.7 Å². The van der Waals surface area contributed by atoms with Crippen molar-refractivity contribution in [2.24, 2.45) is 0 Å². The summed E-state index contributed by atoms with van der Waals surface area (Å²) in [7, 11) is 0. The van der Waals surface area contributed by atoms with Gasteiger partial charge in [-0.3, -0.25) is 19.3 Å². The van der Waals surface area contributed by atoms with E-state index >= 15 is 0 Å². The predicted molar refractivity (Wildman–Crippen MR) is 114 cm³/mol. The molecular weight excluding hydrogens is 458 g/mol. The summed E-state index contributed by atoms with van der Waals surface area (Å²) in [5.41, 5.74) is 0.379. The zero-order valence-corrected chi connectivity index (χ0v) is 17.2. The van der Waals surface area contributed by atoms with Crippen LogP contribution in [0.3, 0.4) is 0 Å². The van der Waals surface area contributed by atoms with E-state index < -0.39 is 16.8 Å². The van der Waals surface area contributed by atoms with E-state index in [4.69, 9.17) is 4.42 Å². The van der Waals surface area contributed by atoms with Crippen LogP contribution in [-0.4, -0.2) is 28.4 Å². The summed E-state index contributed by atoms with van der Waals surface area (Å²) >= 11 is 3.98. The number of fused-ring (bicyclic) bond motifs is 1. The minimum Gasteiger partial charge on any atom is -0.422 e. The minimum atomic E-state index is -0.613. The largest absolute Gasteiger partial charge is 0.422 e. The van der Waals surface area contributed by atoms with Gasteiger partial charge in [-0.25, -0.2) is 4.79 Å². The zero-order valence-electron chi connectivity index (χ0n) is 14.8. The number of carbonyl (C=O) groups excluding carboxylic acids is 3. The average Bonchev–Trinajstić information content (AvgIpc) is 2.96. The molecule has 0 N–H and O–H groups in total. The molecule has 4 rings (SSSR count). The highest BCUT2D eigenvalue weighted by atomic mass is 79.9. The second kappa shape index (κ2) is 7.81. The summed E-state index contributed by atoms with van der Waals surface area (Å²) < 4.78 is 6.06. The first kappa shape index (κ1) is 19.4. The highest BCUT2D eigenvalue weighted by molar-refractivity contribution is 9.10. The van der Waals surface area contributed by atoms with Gasteiger partial charge in [-0.2, -0.15) is 0 Å². The Balaban J connectivity index is 1.59. The Bertz CT molecular complexity index is 1250. The molecule has 0 radical (unpaired) electrons. The molecule has 0 unspecified atom stereocenters. The first-order chi connectivity index (χ1) is 13.9. The van der Waals surface area contributed by atoms with Gasteiger partial charge < -0.3 is 4.42 Å². The minimum absolute atomic E-state index is 0.0705. The zero-order chi connectivity index (χ0) is 20.5. The Labute approximate surface area is 177 Å². The molecule has 6 nitrogen and oxygen atoms in total. The van der Waals surface area contributed by atoms with Crippen LogP contribution >= 0.6 is 27.7 Å². The Morgan fingerprint density at radius 1 is 1.07 bits per heavy atom. The van der Waals surface area contributed by atoms with Gasteiger partial charge in [-0.05, 0) is 42.1 Å². The van der Waals surface area contributed by atoms with E-state index in [9.17, 15) is 19.2 Å². The number of halogens is 1. The van der Waals surface area contributed by atoms with Gasteiger partial charge in [0.15, 0.2) is 5.78 Å². The standard InChI is InChI=1S/C21H12BrNO5S/c22-15-7-5-12(6-8-15)16(24)11-23-19(25)18(29-21(23)27)10-14-9-13-3-1-2-4-17(13)28-20(14)26/h1-10H,11H2. The molecule has 0 aliphatic carbocycles. The van der Waals surface area contributed by atoms with E-state index in [1.165, 1.54) is 6.08 Å². The van der Waals surface area contributed by atoms with Crippen LogP contribution in [-0.2, 0) is 4.79 Å². The van der Waals surface area contributed by atoms with Gasteiger partial charge in [-0.1, -0.05) is 46.3 Å². The molecule has 8 heteroatoms. The molecule has 2 amide bonds. The lowest BCUT2D eigenvalue weighted by Crippen LogP contribution is -2.33. The molecule has 0 saturated carbocycles. The molecule has 29 heavy (non-hydrogen) atoms. The van der Waals surface area contributed by atoms with E-state index in [1.807, 2.05) is 0 Å². The molecule has 144 valence electrons. The van der Waals surface area contributed by atoms with Crippen molar-refractivity contribution in [1.82, 2.24) is 4.90 Å². The van der Waals surface area contributed by atoms with Gasteiger partial charge in [0.25, 0.3) is 11.1 Å².